The van der Waals surface area contributed by atoms with E-state index >= 15 is 0 Å². The Kier molecular flexibility index (Phi) is 6.57. The maximum atomic E-state index is 13.1. The molecule has 1 saturated carbocycles. The number of nitrogens with zero attached hydrogens (tertiary/aromatic N) is 2. The van der Waals surface area contributed by atoms with Crippen LogP contribution in [0, 0.1) is 5.82 Å². The van der Waals surface area contributed by atoms with Gasteiger partial charge in [0.1, 0.15) is 5.82 Å². The topological polar surface area (TPSA) is 57.7 Å². The molecule has 1 aliphatic rings. The monoisotopic (exact) mass is 418 g/mol. The summed E-state index contributed by atoms with van der Waals surface area (Å²) < 4.78 is 39.0. The Balaban J connectivity index is 1.78. The number of rotatable bonds is 6. The van der Waals surface area contributed by atoms with Crippen LogP contribution in [0.1, 0.15) is 48.0 Å². The molecule has 1 aliphatic carbocycles. The second kappa shape index (κ2) is 8.95. The van der Waals surface area contributed by atoms with E-state index in [9.17, 15) is 17.6 Å². The molecule has 156 valence electrons. The van der Waals surface area contributed by atoms with Crippen LogP contribution in [0.15, 0.2) is 48.5 Å². The predicted molar refractivity (Wildman–Crippen MR) is 113 cm³/mol. The molecule has 1 amide bonds. The molecule has 29 heavy (non-hydrogen) atoms. The average molecular weight is 419 g/mol. The first kappa shape index (κ1) is 21.3. The van der Waals surface area contributed by atoms with E-state index < -0.39 is 10.0 Å². The highest BCUT2D eigenvalue weighted by molar-refractivity contribution is 7.92. The predicted octanol–water partition coefficient (Wildman–Crippen LogP) is 4.20. The molecule has 0 aromatic heterocycles. The van der Waals surface area contributed by atoms with Crippen molar-refractivity contribution in [2.75, 3.05) is 17.6 Å². The molecule has 0 radical (unpaired) electrons. The van der Waals surface area contributed by atoms with Gasteiger partial charge in [-0.2, -0.15) is 0 Å². The number of benzene rings is 2. The average Bonchev–Trinajstić information content (AvgIpc) is 2.72. The first-order chi connectivity index (χ1) is 13.8. The van der Waals surface area contributed by atoms with Gasteiger partial charge < -0.3 is 4.90 Å². The van der Waals surface area contributed by atoms with E-state index in [4.69, 9.17) is 0 Å². The summed E-state index contributed by atoms with van der Waals surface area (Å²) in [6.45, 7) is 0.0917. The zero-order valence-electron chi connectivity index (χ0n) is 16.8. The summed E-state index contributed by atoms with van der Waals surface area (Å²) in [5.74, 6) is -0.419. The van der Waals surface area contributed by atoms with Crippen LogP contribution in [0.25, 0.3) is 0 Å². The van der Waals surface area contributed by atoms with Crippen molar-refractivity contribution in [3.63, 3.8) is 0 Å². The third-order valence-electron chi connectivity index (χ3n) is 5.48. The second-order valence-corrected chi connectivity index (χ2v) is 9.56. The van der Waals surface area contributed by atoms with Crippen molar-refractivity contribution in [3.05, 3.63) is 65.5 Å². The molecule has 1 fully saturated rings. The summed E-state index contributed by atoms with van der Waals surface area (Å²) in [4.78, 5) is 14.6. The molecule has 5 nitrogen and oxygen atoms in total. The minimum Gasteiger partial charge on any atom is -0.339 e. The van der Waals surface area contributed by atoms with Crippen LogP contribution in [-0.2, 0) is 16.6 Å². The number of hydrogen-bond donors (Lipinski definition) is 0. The first-order valence-corrected chi connectivity index (χ1v) is 11.7. The number of halogens is 1. The van der Waals surface area contributed by atoms with Gasteiger partial charge in [-0.05, 0) is 54.8 Å². The van der Waals surface area contributed by atoms with Crippen LogP contribution in [0.5, 0.6) is 0 Å². The SMILES string of the molecule is CN(C(=O)c1ccc(N(Cc2ccc(F)cc2)S(C)(=O)=O)cc1)C1CCCCC1. The van der Waals surface area contributed by atoms with Gasteiger partial charge in [-0.25, -0.2) is 12.8 Å². The van der Waals surface area contributed by atoms with E-state index in [2.05, 4.69) is 0 Å². The number of carbonyl (C=O) groups is 1. The summed E-state index contributed by atoms with van der Waals surface area (Å²) >= 11 is 0. The molecule has 7 heteroatoms. The summed E-state index contributed by atoms with van der Waals surface area (Å²) in [6, 6.07) is 12.6. The summed E-state index contributed by atoms with van der Waals surface area (Å²) in [5.41, 5.74) is 1.68. The normalized spacial score (nSPS) is 15.1. The molecule has 0 spiro atoms. The van der Waals surface area contributed by atoms with Crippen molar-refractivity contribution in [1.82, 2.24) is 4.90 Å². The number of carbonyl (C=O) groups excluding carboxylic acids is 1. The van der Waals surface area contributed by atoms with Gasteiger partial charge in [-0.1, -0.05) is 31.4 Å². The van der Waals surface area contributed by atoms with Gasteiger partial charge in [0.25, 0.3) is 5.91 Å². The van der Waals surface area contributed by atoms with Crippen molar-refractivity contribution in [2.24, 2.45) is 0 Å². The van der Waals surface area contributed by atoms with Crippen molar-refractivity contribution in [2.45, 2.75) is 44.7 Å². The molecule has 3 rings (SSSR count). The molecular formula is C22H27FN2O3S. The molecule has 0 saturated heterocycles. The molecule has 0 unspecified atom stereocenters. The number of anilines is 1. The minimum atomic E-state index is -3.55. The van der Waals surface area contributed by atoms with E-state index in [0.717, 1.165) is 31.9 Å². The van der Waals surface area contributed by atoms with Crippen LogP contribution in [0.3, 0.4) is 0 Å². The Morgan fingerprint density at radius 3 is 2.14 bits per heavy atom. The van der Waals surface area contributed by atoms with Crippen LogP contribution in [0.2, 0.25) is 0 Å². The van der Waals surface area contributed by atoms with E-state index in [-0.39, 0.29) is 24.3 Å². The molecular weight excluding hydrogens is 391 g/mol. The molecule has 2 aromatic rings. The highest BCUT2D eigenvalue weighted by atomic mass is 32.2. The fourth-order valence-corrected chi connectivity index (χ4v) is 4.65. The molecule has 0 bridgehead atoms. The van der Waals surface area contributed by atoms with E-state index in [1.807, 2.05) is 7.05 Å². The third kappa shape index (κ3) is 5.35. The number of amides is 1. The molecule has 0 atom stereocenters. The smallest absolute Gasteiger partial charge is 0.253 e. The lowest BCUT2D eigenvalue weighted by atomic mass is 9.94. The zero-order chi connectivity index (χ0) is 21.0. The summed E-state index contributed by atoms with van der Waals surface area (Å²) in [7, 11) is -1.71. The lowest BCUT2D eigenvalue weighted by Crippen LogP contribution is -2.38. The quantitative estimate of drug-likeness (QED) is 0.707. The van der Waals surface area contributed by atoms with Gasteiger partial charge >= 0.3 is 0 Å². The molecule has 0 N–H and O–H groups in total. The maximum absolute atomic E-state index is 13.1. The third-order valence-corrected chi connectivity index (χ3v) is 6.63. The van der Waals surface area contributed by atoms with Gasteiger partial charge in [0.2, 0.25) is 10.0 Å². The van der Waals surface area contributed by atoms with E-state index in [1.165, 1.54) is 22.9 Å². The maximum Gasteiger partial charge on any atom is 0.253 e. The lowest BCUT2D eigenvalue weighted by molar-refractivity contribution is 0.0696. The van der Waals surface area contributed by atoms with Crippen molar-refractivity contribution in [1.29, 1.82) is 0 Å². The number of hydrogen-bond acceptors (Lipinski definition) is 3. The molecule has 0 heterocycles. The fourth-order valence-electron chi connectivity index (χ4n) is 3.76. The highest BCUT2D eigenvalue weighted by Crippen LogP contribution is 2.25. The van der Waals surface area contributed by atoms with Gasteiger partial charge in [-0.15, -0.1) is 0 Å². The van der Waals surface area contributed by atoms with Crippen LogP contribution in [0.4, 0.5) is 10.1 Å². The van der Waals surface area contributed by atoms with Gasteiger partial charge in [0.15, 0.2) is 0 Å². The van der Waals surface area contributed by atoms with Gasteiger partial charge in [-0.3, -0.25) is 9.10 Å². The Morgan fingerprint density at radius 1 is 1.00 bits per heavy atom. The summed E-state index contributed by atoms with van der Waals surface area (Å²) in [5, 5.41) is 0. The van der Waals surface area contributed by atoms with Crippen LogP contribution < -0.4 is 4.31 Å². The fraction of sp³-hybridized carbons (Fsp3) is 0.409. The second-order valence-electron chi connectivity index (χ2n) is 7.65. The van der Waals surface area contributed by atoms with E-state index in [1.54, 1.807) is 41.3 Å². The lowest BCUT2D eigenvalue weighted by Gasteiger charge is -2.31. The molecule has 2 aromatic carbocycles. The van der Waals surface area contributed by atoms with Crippen LogP contribution in [-0.4, -0.2) is 38.6 Å². The molecule has 0 aliphatic heterocycles. The zero-order valence-corrected chi connectivity index (χ0v) is 17.7. The van der Waals surface area contributed by atoms with Gasteiger partial charge in [0, 0.05) is 18.7 Å². The Morgan fingerprint density at radius 2 is 1.59 bits per heavy atom. The number of sulfonamides is 1. The summed E-state index contributed by atoms with van der Waals surface area (Å²) in [6.07, 6.45) is 6.70. The van der Waals surface area contributed by atoms with E-state index in [0.29, 0.717) is 16.8 Å². The van der Waals surface area contributed by atoms with Crippen molar-refractivity contribution in [3.8, 4) is 0 Å². The standard InChI is InChI=1S/C22H27FN2O3S/c1-24(20-6-4-3-5-7-20)22(26)18-10-14-21(15-11-18)25(29(2,27)28)16-17-8-12-19(23)13-9-17/h8-15,20H,3-7,16H2,1-2H3. The largest absolute Gasteiger partial charge is 0.339 e. The van der Waals surface area contributed by atoms with Crippen LogP contribution >= 0.6 is 0 Å². The van der Waals surface area contributed by atoms with Gasteiger partial charge in [0.05, 0.1) is 18.5 Å². The minimum absolute atomic E-state index is 0.0482. The van der Waals surface area contributed by atoms with Crippen molar-refractivity contribution < 1.29 is 17.6 Å². The van der Waals surface area contributed by atoms with Crippen molar-refractivity contribution >= 4 is 21.6 Å². The first-order valence-electron chi connectivity index (χ1n) is 9.85. The Bertz CT molecular complexity index is 937. The Hall–Kier alpha value is -2.41. The Labute approximate surface area is 172 Å². The highest BCUT2D eigenvalue weighted by Gasteiger charge is 2.24.